The largest absolute Gasteiger partial charge is 0.508 e. The fourth-order valence-corrected chi connectivity index (χ4v) is 3.64. The van der Waals surface area contributed by atoms with Gasteiger partial charge in [-0.2, -0.15) is 9.61 Å². The van der Waals surface area contributed by atoms with Crippen molar-refractivity contribution in [3.8, 4) is 5.75 Å². The van der Waals surface area contributed by atoms with Gasteiger partial charge in [0.2, 0.25) is 0 Å². The van der Waals surface area contributed by atoms with Gasteiger partial charge in [-0.25, -0.2) is 4.98 Å². The fraction of sp³-hybridized carbons (Fsp3) is 0.368. The van der Waals surface area contributed by atoms with Crippen LogP contribution in [0, 0.1) is 6.92 Å². The van der Waals surface area contributed by atoms with Crippen LogP contribution in [-0.2, 0) is 6.54 Å². The van der Waals surface area contributed by atoms with Crippen LogP contribution in [-0.4, -0.2) is 37.7 Å². The zero-order chi connectivity index (χ0) is 17.4. The first-order valence-electron chi connectivity index (χ1n) is 8.71. The van der Waals surface area contributed by atoms with Gasteiger partial charge >= 0.3 is 0 Å². The third-order valence-electron chi connectivity index (χ3n) is 4.92. The van der Waals surface area contributed by atoms with Crippen LogP contribution >= 0.6 is 0 Å². The van der Waals surface area contributed by atoms with Crippen LogP contribution in [0.1, 0.15) is 35.7 Å². The van der Waals surface area contributed by atoms with E-state index in [1.165, 1.54) is 0 Å². The molecule has 6 nitrogen and oxygen atoms in total. The predicted octanol–water partition coefficient (Wildman–Crippen LogP) is 2.71. The van der Waals surface area contributed by atoms with E-state index in [1.54, 1.807) is 10.6 Å². The smallest absolute Gasteiger partial charge is 0.157 e. The number of aromatic nitrogens is 3. The number of phenols is 1. The standard InChI is InChI=1S/C19H23N5O/c1-13-9-19-21-17(11-18(20)24(19)22-13)15-5-7-23(8-6-15)12-14-3-2-4-16(25)10-14/h2-4,9-11,15,25H,5-8,12,20H2,1H3. The van der Waals surface area contributed by atoms with Crippen molar-refractivity contribution in [2.75, 3.05) is 18.8 Å². The van der Waals surface area contributed by atoms with Gasteiger partial charge in [0.25, 0.3) is 0 Å². The Morgan fingerprint density at radius 2 is 2.00 bits per heavy atom. The molecule has 0 bridgehead atoms. The van der Waals surface area contributed by atoms with Gasteiger partial charge in [0.15, 0.2) is 5.65 Å². The topological polar surface area (TPSA) is 79.7 Å². The van der Waals surface area contributed by atoms with E-state index < -0.39 is 0 Å². The minimum absolute atomic E-state index is 0.330. The molecule has 1 aliphatic heterocycles. The molecule has 4 rings (SSSR count). The van der Waals surface area contributed by atoms with Gasteiger partial charge < -0.3 is 10.8 Å². The van der Waals surface area contributed by atoms with Crippen LogP contribution in [0.3, 0.4) is 0 Å². The number of fused-ring (bicyclic) bond motifs is 1. The molecule has 0 radical (unpaired) electrons. The Labute approximate surface area is 146 Å². The molecular weight excluding hydrogens is 314 g/mol. The molecule has 1 aromatic carbocycles. The van der Waals surface area contributed by atoms with Gasteiger partial charge in [0.1, 0.15) is 11.6 Å². The fourth-order valence-electron chi connectivity index (χ4n) is 3.64. The lowest BCUT2D eigenvalue weighted by Crippen LogP contribution is -2.32. The Morgan fingerprint density at radius 1 is 1.20 bits per heavy atom. The molecule has 1 saturated heterocycles. The lowest BCUT2D eigenvalue weighted by molar-refractivity contribution is 0.203. The highest BCUT2D eigenvalue weighted by molar-refractivity contribution is 5.48. The summed E-state index contributed by atoms with van der Waals surface area (Å²) in [5.74, 6) is 1.41. The zero-order valence-corrected chi connectivity index (χ0v) is 14.4. The summed E-state index contributed by atoms with van der Waals surface area (Å²) in [4.78, 5) is 7.20. The Hall–Kier alpha value is -2.60. The number of nitrogens with two attached hydrogens (primary N) is 1. The minimum atomic E-state index is 0.330. The summed E-state index contributed by atoms with van der Waals surface area (Å²) in [7, 11) is 0. The van der Waals surface area contributed by atoms with E-state index in [-0.39, 0.29) is 0 Å². The monoisotopic (exact) mass is 337 g/mol. The molecule has 3 aromatic rings. The number of hydrogen-bond donors (Lipinski definition) is 2. The summed E-state index contributed by atoms with van der Waals surface area (Å²) in [5, 5.41) is 14.0. The van der Waals surface area contributed by atoms with Crippen molar-refractivity contribution in [3.05, 3.63) is 53.3 Å². The highest BCUT2D eigenvalue weighted by Gasteiger charge is 2.23. The van der Waals surface area contributed by atoms with Gasteiger partial charge in [-0.15, -0.1) is 0 Å². The van der Waals surface area contributed by atoms with E-state index in [1.807, 2.05) is 31.2 Å². The van der Waals surface area contributed by atoms with Crippen LogP contribution in [0.5, 0.6) is 5.75 Å². The Bertz CT molecular complexity index is 896. The molecule has 1 fully saturated rings. The van der Waals surface area contributed by atoms with Gasteiger partial charge in [0.05, 0.1) is 5.69 Å². The lowest BCUT2D eigenvalue weighted by atomic mass is 9.93. The highest BCUT2D eigenvalue weighted by atomic mass is 16.3. The first-order valence-corrected chi connectivity index (χ1v) is 8.71. The third kappa shape index (κ3) is 3.30. The number of aryl methyl sites for hydroxylation is 1. The van der Waals surface area contributed by atoms with E-state index in [9.17, 15) is 5.11 Å². The van der Waals surface area contributed by atoms with Crippen molar-refractivity contribution in [2.24, 2.45) is 0 Å². The maximum absolute atomic E-state index is 9.60. The number of nitrogen functional groups attached to an aromatic ring is 1. The molecule has 6 heteroatoms. The molecule has 3 N–H and O–H groups in total. The summed E-state index contributed by atoms with van der Waals surface area (Å²) in [6.45, 7) is 4.86. The molecule has 130 valence electrons. The summed E-state index contributed by atoms with van der Waals surface area (Å²) in [5.41, 5.74) is 10.1. The summed E-state index contributed by atoms with van der Waals surface area (Å²) in [6.07, 6.45) is 2.13. The number of piperidine rings is 1. The molecule has 3 heterocycles. The second kappa shape index (κ2) is 6.37. The number of nitrogens with zero attached hydrogens (tertiary/aromatic N) is 4. The number of benzene rings is 1. The average Bonchev–Trinajstić information content (AvgIpc) is 2.96. The maximum Gasteiger partial charge on any atom is 0.157 e. The van der Waals surface area contributed by atoms with E-state index in [4.69, 9.17) is 10.7 Å². The van der Waals surface area contributed by atoms with E-state index in [2.05, 4.69) is 16.1 Å². The molecule has 0 atom stereocenters. The highest BCUT2D eigenvalue weighted by Crippen LogP contribution is 2.29. The van der Waals surface area contributed by atoms with E-state index in [0.717, 1.165) is 55.1 Å². The van der Waals surface area contributed by atoms with Crippen LogP contribution in [0.25, 0.3) is 5.65 Å². The Kier molecular flexibility index (Phi) is 4.05. The average molecular weight is 337 g/mol. The molecule has 0 saturated carbocycles. The van der Waals surface area contributed by atoms with Gasteiger partial charge in [-0.05, 0) is 50.6 Å². The predicted molar refractivity (Wildman–Crippen MR) is 97.5 cm³/mol. The zero-order valence-electron chi connectivity index (χ0n) is 14.4. The number of likely N-dealkylation sites (tertiary alicyclic amines) is 1. The van der Waals surface area contributed by atoms with Crippen molar-refractivity contribution in [2.45, 2.75) is 32.2 Å². The second-order valence-electron chi connectivity index (χ2n) is 6.88. The van der Waals surface area contributed by atoms with Crippen molar-refractivity contribution in [1.29, 1.82) is 0 Å². The Morgan fingerprint density at radius 3 is 2.76 bits per heavy atom. The van der Waals surface area contributed by atoms with Crippen molar-refractivity contribution >= 4 is 11.5 Å². The molecule has 0 aliphatic carbocycles. The van der Waals surface area contributed by atoms with Gasteiger partial charge in [-0.1, -0.05) is 12.1 Å². The Balaban J connectivity index is 1.45. The molecule has 1 aliphatic rings. The first-order chi connectivity index (χ1) is 12.1. The molecule has 0 spiro atoms. The van der Waals surface area contributed by atoms with Crippen LogP contribution in [0.2, 0.25) is 0 Å². The van der Waals surface area contributed by atoms with E-state index in [0.29, 0.717) is 17.5 Å². The quantitative estimate of drug-likeness (QED) is 0.768. The number of aromatic hydroxyl groups is 1. The SMILES string of the molecule is Cc1cc2nc(C3CCN(Cc4cccc(O)c4)CC3)cc(N)n2n1. The summed E-state index contributed by atoms with van der Waals surface area (Å²) >= 11 is 0. The molecule has 0 amide bonds. The summed E-state index contributed by atoms with van der Waals surface area (Å²) in [6, 6.07) is 11.4. The van der Waals surface area contributed by atoms with Crippen LogP contribution in [0.15, 0.2) is 36.4 Å². The molecule has 25 heavy (non-hydrogen) atoms. The second-order valence-corrected chi connectivity index (χ2v) is 6.88. The normalized spacial score (nSPS) is 16.5. The minimum Gasteiger partial charge on any atom is -0.508 e. The number of phenolic OH excluding ortho intramolecular Hbond substituents is 1. The summed E-state index contributed by atoms with van der Waals surface area (Å²) < 4.78 is 1.70. The number of rotatable bonds is 3. The van der Waals surface area contributed by atoms with Crippen molar-refractivity contribution in [3.63, 3.8) is 0 Å². The maximum atomic E-state index is 9.60. The van der Waals surface area contributed by atoms with Crippen LogP contribution in [0.4, 0.5) is 5.82 Å². The van der Waals surface area contributed by atoms with E-state index >= 15 is 0 Å². The number of anilines is 1. The molecule has 2 aromatic heterocycles. The lowest BCUT2D eigenvalue weighted by Gasteiger charge is -2.31. The van der Waals surface area contributed by atoms with Crippen molar-refractivity contribution < 1.29 is 5.11 Å². The number of hydrogen-bond acceptors (Lipinski definition) is 5. The van der Waals surface area contributed by atoms with Crippen molar-refractivity contribution in [1.82, 2.24) is 19.5 Å². The first kappa shape index (κ1) is 15.9. The van der Waals surface area contributed by atoms with Gasteiger partial charge in [-0.3, -0.25) is 4.90 Å². The van der Waals surface area contributed by atoms with Crippen LogP contribution < -0.4 is 5.73 Å². The molecular formula is C19H23N5O. The van der Waals surface area contributed by atoms with Gasteiger partial charge in [0, 0.05) is 30.3 Å². The third-order valence-corrected chi connectivity index (χ3v) is 4.92. The molecule has 0 unspecified atom stereocenters.